The molecule has 0 amide bonds. The lowest BCUT2D eigenvalue weighted by molar-refractivity contribution is 0.0109. The fraction of sp³-hybridized carbons (Fsp3) is 0.130. The summed E-state index contributed by atoms with van der Waals surface area (Å²) in [4.78, 5) is 24.6. The number of hydrogen-bond donors (Lipinski definition) is 0. The highest BCUT2D eigenvalue weighted by Gasteiger charge is 2.24. The molecule has 3 aromatic rings. The van der Waals surface area contributed by atoms with Gasteiger partial charge in [0.05, 0.1) is 5.56 Å². The minimum absolute atomic E-state index is 0.0779. The van der Waals surface area contributed by atoms with Gasteiger partial charge in [0.2, 0.25) is 0 Å². The topological polar surface area (TPSA) is 61.8 Å². The summed E-state index contributed by atoms with van der Waals surface area (Å²) in [5.74, 6) is 0.550. The molecule has 0 aromatic heterocycles. The maximum Gasteiger partial charge on any atom is 0.338 e. The van der Waals surface area contributed by atoms with Crippen molar-refractivity contribution in [3.05, 3.63) is 95.6 Å². The van der Waals surface area contributed by atoms with Crippen LogP contribution in [0.25, 0.3) is 0 Å². The van der Waals surface area contributed by atoms with E-state index in [0.29, 0.717) is 28.2 Å². The summed E-state index contributed by atoms with van der Waals surface area (Å²) in [5.41, 5.74) is 1.64. The summed E-state index contributed by atoms with van der Waals surface area (Å²) in [6.07, 6.45) is -0.407. The molecule has 5 heteroatoms. The van der Waals surface area contributed by atoms with Crippen LogP contribution in [0.2, 0.25) is 0 Å². The van der Waals surface area contributed by atoms with E-state index in [9.17, 15) is 9.59 Å². The molecular formula is C23H18O5. The molecule has 3 aromatic carbocycles. The molecular weight excluding hydrogens is 356 g/mol. The van der Waals surface area contributed by atoms with Crippen molar-refractivity contribution in [2.75, 3.05) is 13.2 Å². The monoisotopic (exact) mass is 374 g/mol. The summed E-state index contributed by atoms with van der Waals surface area (Å²) >= 11 is 0. The third-order valence-corrected chi connectivity index (χ3v) is 4.37. The molecule has 0 fully saturated rings. The van der Waals surface area contributed by atoms with Gasteiger partial charge in [0.25, 0.3) is 0 Å². The van der Waals surface area contributed by atoms with E-state index in [1.165, 1.54) is 0 Å². The summed E-state index contributed by atoms with van der Waals surface area (Å²) in [7, 11) is 0. The first kappa shape index (κ1) is 17.8. The quantitative estimate of drug-likeness (QED) is 0.500. The smallest absolute Gasteiger partial charge is 0.338 e. The molecule has 140 valence electrons. The van der Waals surface area contributed by atoms with Gasteiger partial charge in [-0.2, -0.15) is 0 Å². The average molecular weight is 374 g/mol. The van der Waals surface area contributed by atoms with E-state index >= 15 is 0 Å². The Morgan fingerprint density at radius 2 is 1.50 bits per heavy atom. The Hall–Kier alpha value is -3.60. The van der Waals surface area contributed by atoms with Crippen LogP contribution in [-0.2, 0) is 4.74 Å². The second-order valence-electron chi connectivity index (χ2n) is 6.37. The fourth-order valence-corrected chi connectivity index (χ4v) is 2.92. The van der Waals surface area contributed by atoms with E-state index in [2.05, 4.69) is 0 Å². The second kappa shape index (κ2) is 7.96. The van der Waals surface area contributed by atoms with Gasteiger partial charge in [0, 0.05) is 11.1 Å². The van der Waals surface area contributed by atoms with Crippen molar-refractivity contribution in [1.29, 1.82) is 0 Å². The fourth-order valence-electron chi connectivity index (χ4n) is 2.92. The molecule has 0 aliphatic carbocycles. The number of esters is 1. The summed E-state index contributed by atoms with van der Waals surface area (Å²) in [5, 5.41) is 0. The first-order chi connectivity index (χ1) is 13.7. The molecule has 1 unspecified atom stereocenters. The Balaban J connectivity index is 1.39. The minimum atomic E-state index is -0.407. The Labute approximate surface area is 162 Å². The van der Waals surface area contributed by atoms with Gasteiger partial charge in [0.1, 0.15) is 13.2 Å². The lowest BCUT2D eigenvalue weighted by Gasteiger charge is -2.26. The van der Waals surface area contributed by atoms with Crippen molar-refractivity contribution in [2.45, 2.75) is 6.10 Å². The molecule has 4 rings (SSSR count). The van der Waals surface area contributed by atoms with Crippen LogP contribution < -0.4 is 9.47 Å². The maximum atomic E-state index is 12.6. The number of ketones is 1. The van der Waals surface area contributed by atoms with E-state index < -0.39 is 12.1 Å². The van der Waals surface area contributed by atoms with E-state index in [1.54, 1.807) is 54.6 Å². The number of rotatable bonds is 5. The van der Waals surface area contributed by atoms with Crippen LogP contribution in [0.1, 0.15) is 26.3 Å². The molecule has 1 atom stereocenters. The van der Waals surface area contributed by atoms with Crippen molar-refractivity contribution in [3.8, 4) is 11.5 Å². The van der Waals surface area contributed by atoms with Gasteiger partial charge in [-0.05, 0) is 30.3 Å². The predicted molar refractivity (Wildman–Crippen MR) is 103 cm³/mol. The van der Waals surface area contributed by atoms with Crippen LogP contribution in [0.5, 0.6) is 11.5 Å². The van der Waals surface area contributed by atoms with Gasteiger partial charge in [0.15, 0.2) is 23.4 Å². The molecule has 1 heterocycles. The summed E-state index contributed by atoms with van der Waals surface area (Å²) < 4.78 is 16.9. The Bertz CT molecular complexity index is 982. The Morgan fingerprint density at radius 3 is 2.21 bits per heavy atom. The molecule has 1 aliphatic heterocycles. The van der Waals surface area contributed by atoms with Crippen LogP contribution in [0, 0.1) is 0 Å². The van der Waals surface area contributed by atoms with Crippen LogP contribution in [0.3, 0.4) is 0 Å². The number of fused-ring (bicyclic) bond motifs is 1. The van der Waals surface area contributed by atoms with Crippen LogP contribution in [0.15, 0.2) is 78.9 Å². The largest absolute Gasteiger partial charge is 0.486 e. The van der Waals surface area contributed by atoms with Crippen molar-refractivity contribution >= 4 is 11.8 Å². The van der Waals surface area contributed by atoms with Gasteiger partial charge in [-0.15, -0.1) is 0 Å². The normalized spacial score (nSPS) is 14.9. The van der Waals surface area contributed by atoms with Gasteiger partial charge < -0.3 is 14.2 Å². The van der Waals surface area contributed by atoms with Crippen molar-refractivity contribution in [2.24, 2.45) is 0 Å². The number of carbonyl (C=O) groups is 2. The molecule has 0 saturated heterocycles. The first-order valence-corrected chi connectivity index (χ1v) is 8.96. The van der Waals surface area contributed by atoms with Crippen LogP contribution in [-0.4, -0.2) is 31.1 Å². The van der Waals surface area contributed by atoms with Crippen LogP contribution >= 0.6 is 0 Å². The highest BCUT2D eigenvalue weighted by atomic mass is 16.6. The van der Waals surface area contributed by atoms with E-state index in [0.717, 1.165) is 0 Å². The van der Waals surface area contributed by atoms with E-state index in [-0.39, 0.29) is 19.0 Å². The lowest BCUT2D eigenvalue weighted by atomic mass is 10.0. The standard InChI is InChI=1S/C23H18O5/c24-22(16-7-3-1-4-8-16)18-11-12-20-21(13-18)26-14-19(28-20)15-27-23(25)17-9-5-2-6-10-17/h1-13,19H,14-15H2. The Kier molecular flexibility index (Phi) is 5.06. The number of ether oxygens (including phenoxy) is 3. The van der Waals surface area contributed by atoms with Crippen LogP contribution in [0.4, 0.5) is 0 Å². The molecule has 0 spiro atoms. The third kappa shape index (κ3) is 3.88. The van der Waals surface area contributed by atoms with Gasteiger partial charge in [-0.1, -0.05) is 48.5 Å². The number of benzene rings is 3. The molecule has 0 radical (unpaired) electrons. The maximum absolute atomic E-state index is 12.6. The van der Waals surface area contributed by atoms with E-state index in [4.69, 9.17) is 14.2 Å². The zero-order valence-electron chi connectivity index (χ0n) is 15.0. The summed E-state index contributed by atoms with van der Waals surface area (Å²) in [6.45, 7) is 0.315. The zero-order valence-corrected chi connectivity index (χ0v) is 15.0. The predicted octanol–water partition coefficient (Wildman–Crippen LogP) is 3.91. The number of carbonyl (C=O) groups excluding carboxylic acids is 2. The van der Waals surface area contributed by atoms with Gasteiger partial charge >= 0.3 is 5.97 Å². The van der Waals surface area contributed by atoms with Gasteiger partial charge in [-0.3, -0.25) is 4.79 Å². The van der Waals surface area contributed by atoms with Crippen molar-refractivity contribution < 1.29 is 23.8 Å². The first-order valence-electron chi connectivity index (χ1n) is 8.96. The van der Waals surface area contributed by atoms with E-state index in [1.807, 2.05) is 24.3 Å². The average Bonchev–Trinajstić information content (AvgIpc) is 2.77. The minimum Gasteiger partial charge on any atom is -0.486 e. The molecule has 0 N–H and O–H groups in total. The van der Waals surface area contributed by atoms with Crippen molar-refractivity contribution in [1.82, 2.24) is 0 Å². The van der Waals surface area contributed by atoms with Crippen molar-refractivity contribution in [3.63, 3.8) is 0 Å². The molecule has 5 nitrogen and oxygen atoms in total. The lowest BCUT2D eigenvalue weighted by Crippen LogP contribution is -2.34. The third-order valence-electron chi connectivity index (χ3n) is 4.37. The molecule has 28 heavy (non-hydrogen) atoms. The summed E-state index contributed by atoms with van der Waals surface area (Å²) in [6, 6.07) is 22.9. The highest BCUT2D eigenvalue weighted by Crippen LogP contribution is 2.33. The Morgan fingerprint density at radius 1 is 0.821 bits per heavy atom. The molecule has 0 saturated carbocycles. The number of hydrogen-bond acceptors (Lipinski definition) is 5. The molecule has 0 bridgehead atoms. The highest BCUT2D eigenvalue weighted by molar-refractivity contribution is 6.09. The van der Waals surface area contributed by atoms with Gasteiger partial charge in [-0.25, -0.2) is 4.79 Å². The SMILES string of the molecule is O=C(OCC1COc2cc(C(=O)c3ccccc3)ccc2O1)c1ccccc1. The molecule has 1 aliphatic rings. The zero-order chi connectivity index (χ0) is 19.3. The second-order valence-corrected chi connectivity index (χ2v) is 6.37.